The van der Waals surface area contributed by atoms with E-state index in [0.717, 1.165) is 28.1 Å². The second-order valence-electron chi connectivity index (χ2n) is 10.8. The smallest absolute Gasteiger partial charge is 0.321 e. The van der Waals surface area contributed by atoms with Gasteiger partial charge in [-0.15, -0.1) is 0 Å². The maximum absolute atomic E-state index is 14.0. The zero-order valence-electron chi connectivity index (χ0n) is 23.4. The highest BCUT2D eigenvalue weighted by molar-refractivity contribution is 5.97. The topological polar surface area (TPSA) is 85.0 Å². The van der Waals surface area contributed by atoms with Crippen molar-refractivity contribution in [3.8, 4) is 0 Å². The van der Waals surface area contributed by atoms with Crippen molar-refractivity contribution in [3.05, 3.63) is 95.6 Å². The van der Waals surface area contributed by atoms with E-state index in [2.05, 4.69) is 15.5 Å². The maximum Gasteiger partial charge on any atom is 0.321 e. The SMILES string of the molecule is Cc1cccc(C)c1NC(=O)N1CCC2(CC1)C(=O)N(CC(=O)N[C@@H](C)c1ccccc1)CN2c1ccccc1. The lowest BCUT2D eigenvalue weighted by Gasteiger charge is -2.43. The lowest BCUT2D eigenvalue weighted by Crippen LogP contribution is -2.58. The predicted octanol–water partition coefficient (Wildman–Crippen LogP) is 4.85. The number of anilines is 2. The fraction of sp³-hybridized carbons (Fsp3) is 0.344. The molecule has 3 aromatic rings. The molecule has 2 aliphatic heterocycles. The van der Waals surface area contributed by atoms with Crippen molar-refractivity contribution in [2.45, 2.75) is 45.2 Å². The van der Waals surface area contributed by atoms with E-state index in [1.807, 2.05) is 99.6 Å². The van der Waals surface area contributed by atoms with Crippen LogP contribution in [0.15, 0.2) is 78.9 Å². The number of hydrogen-bond acceptors (Lipinski definition) is 4. The van der Waals surface area contributed by atoms with Crippen molar-refractivity contribution < 1.29 is 14.4 Å². The van der Waals surface area contributed by atoms with Gasteiger partial charge in [0.25, 0.3) is 5.91 Å². The Hall–Kier alpha value is -4.33. The second-order valence-corrected chi connectivity index (χ2v) is 10.8. The summed E-state index contributed by atoms with van der Waals surface area (Å²) in [6.07, 6.45) is 0.971. The van der Waals surface area contributed by atoms with Gasteiger partial charge in [0.1, 0.15) is 12.1 Å². The van der Waals surface area contributed by atoms with E-state index in [-0.39, 0.29) is 30.4 Å². The van der Waals surface area contributed by atoms with E-state index < -0.39 is 5.54 Å². The van der Waals surface area contributed by atoms with Gasteiger partial charge in [-0.2, -0.15) is 0 Å². The fourth-order valence-electron chi connectivity index (χ4n) is 5.89. The molecule has 208 valence electrons. The van der Waals surface area contributed by atoms with Gasteiger partial charge in [0.15, 0.2) is 0 Å². The number of carbonyl (C=O) groups excluding carboxylic acids is 3. The highest BCUT2D eigenvalue weighted by atomic mass is 16.2. The predicted molar refractivity (Wildman–Crippen MR) is 157 cm³/mol. The number of amides is 4. The zero-order valence-corrected chi connectivity index (χ0v) is 23.4. The molecule has 2 fully saturated rings. The minimum atomic E-state index is -0.804. The number of nitrogens with zero attached hydrogens (tertiary/aromatic N) is 3. The molecule has 4 amide bonds. The van der Waals surface area contributed by atoms with Gasteiger partial charge >= 0.3 is 6.03 Å². The van der Waals surface area contributed by atoms with Gasteiger partial charge in [-0.05, 0) is 62.4 Å². The summed E-state index contributed by atoms with van der Waals surface area (Å²) in [5.74, 6) is -0.256. The molecule has 2 saturated heterocycles. The minimum absolute atomic E-state index is 0.0160. The van der Waals surface area contributed by atoms with Gasteiger partial charge in [0.2, 0.25) is 5.91 Å². The van der Waals surface area contributed by atoms with Crippen molar-refractivity contribution in [1.29, 1.82) is 0 Å². The van der Waals surface area contributed by atoms with Crippen LogP contribution in [-0.4, -0.2) is 59.5 Å². The highest BCUT2D eigenvalue weighted by Gasteiger charge is 2.54. The molecule has 0 bridgehead atoms. The van der Waals surface area contributed by atoms with E-state index in [9.17, 15) is 14.4 Å². The molecule has 0 unspecified atom stereocenters. The molecule has 0 radical (unpaired) electrons. The van der Waals surface area contributed by atoms with E-state index >= 15 is 0 Å². The van der Waals surface area contributed by atoms with Crippen LogP contribution < -0.4 is 15.5 Å². The first-order chi connectivity index (χ1) is 19.3. The molecular formula is C32H37N5O3. The number of piperidine rings is 1. The molecule has 40 heavy (non-hydrogen) atoms. The molecular weight excluding hydrogens is 502 g/mol. The number of aryl methyl sites for hydroxylation is 2. The maximum atomic E-state index is 14.0. The van der Waals surface area contributed by atoms with Crippen molar-refractivity contribution in [2.24, 2.45) is 0 Å². The Balaban J connectivity index is 1.30. The van der Waals surface area contributed by atoms with Gasteiger partial charge in [0, 0.05) is 24.5 Å². The molecule has 0 saturated carbocycles. The monoisotopic (exact) mass is 539 g/mol. The van der Waals surface area contributed by atoms with Gasteiger partial charge in [0.05, 0.1) is 12.7 Å². The lowest BCUT2D eigenvalue weighted by atomic mass is 9.85. The second kappa shape index (κ2) is 11.4. The summed E-state index contributed by atoms with van der Waals surface area (Å²) in [6.45, 7) is 7.09. The van der Waals surface area contributed by atoms with Gasteiger partial charge in [-0.1, -0.05) is 66.7 Å². The van der Waals surface area contributed by atoms with Crippen molar-refractivity contribution in [1.82, 2.24) is 15.1 Å². The Labute approximate surface area is 236 Å². The van der Waals surface area contributed by atoms with E-state index in [1.165, 1.54) is 0 Å². The number of rotatable bonds is 6. The summed E-state index contributed by atoms with van der Waals surface area (Å²) in [5, 5.41) is 6.10. The average Bonchev–Trinajstić information content (AvgIpc) is 3.22. The molecule has 2 aliphatic rings. The van der Waals surface area contributed by atoms with Crippen LogP contribution in [-0.2, 0) is 9.59 Å². The van der Waals surface area contributed by atoms with Gasteiger partial charge in [-0.3, -0.25) is 9.59 Å². The number of hydrogen-bond donors (Lipinski definition) is 2. The number of nitrogens with one attached hydrogen (secondary N) is 2. The van der Waals surface area contributed by atoms with Gasteiger partial charge < -0.3 is 25.3 Å². The van der Waals surface area contributed by atoms with E-state index in [1.54, 1.807) is 9.80 Å². The van der Waals surface area contributed by atoms with Crippen LogP contribution >= 0.6 is 0 Å². The summed E-state index contributed by atoms with van der Waals surface area (Å²) >= 11 is 0. The molecule has 8 heteroatoms. The Kier molecular flexibility index (Phi) is 7.78. The Morgan fingerprint density at radius 3 is 2.10 bits per heavy atom. The fourth-order valence-corrected chi connectivity index (χ4v) is 5.89. The number of para-hydroxylation sites is 2. The summed E-state index contributed by atoms with van der Waals surface area (Å²) in [7, 11) is 0. The van der Waals surface area contributed by atoms with Crippen LogP contribution in [0.5, 0.6) is 0 Å². The Morgan fingerprint density at radius 2 is 1.48 bits per heavy atom. The average molecular weight is 540 g/mol. The standard InChI is InChI=1S/C32H37N5O3/c1-23-11-10-12-24(2)29(23)34-31(40)35-19-17-32(18-20-35)30(39)36(22-37(32)27-15-8-5-9-16-27)21-28(38)33-25(3)26-13-6-4-7-14-26/h4-16,25H,17-22H2,1-3H3,(H,33,38)(H,34,40)/t25-/m0/s1. The first-order valence-electron chi connectivity index (χ1n) is 13.9. The number of benzene rings is 3. The van der Waals surface area contributed by atoms with Crippen LogP contribution in [0.25, 0.3) is 0 Å². The molecule has 0 aliphatic carbocycles. The molecule has 1 spiro atoms. The third-order valence-corrected chi connectivity index (χ3v) is 8.18. The quantitative estimate of drug-likeness (QED) is 0.469. The van der Waals surface area contributed by atoms with Crippen molar-refractivity contribution in [2.75, 3.05) is 36.5 Å². The molecule has 1 atom stereocenters. The molecule has 0 aromatic heterocycles. The minimum Gasteiger partial charge on any atom is -0.348 e. The van der Waals surface area contributed by atoms with Crippen molar-refractivity contribution in [3.63, 3.8) is 0 Å². The number of carbonyl (C=O) groups is 3. The largest absolute Gasteiger partial charge is 0.348 e. The highest BCUT2D eigenvalue weighted by Crippen LogP contribution is 2.39. The first kappa shape index (κ1) is 27.2. The Morgan fingerprint density at radius 1 is 0.875 bits per heavy atom. The van der Waals surface area contributed by atoms with Crippen LogP contribution in [0.3, 0.4) is 0 Å². The number of likely N-dealkylation sites (tertiary alicyclic amines) is 1. The molecule has 2 heterocycles. The molecule has 5 rings (SSSR count). The summed E-state index contributed by atoms with van der Waals surface area (Å²) in [5.41, 5.74) is 4.00. The molecule has 3 aromatic carbocycles. The zero-order chi connectivity index (χ0) is 28.3. The summed E-state index contributed by atoms with van der Waals surface area (Å²) in [6, 6.07) is 25.2. The van der Waals surface area contributed by atoms with Crippen molar-refractivity contribution >= 4 is 29.2 Å². The number of urea groups is 1. The Bertz CT molecular complexity index is 1350. The first-order valence-corrected chi connectivity index (χ1v) is 13.9. The van der Waals surface area contributed by atoms with Crippen LogP contribution in [0.4, 0.5) is 16.2 Å². The van der Waals surface area contributed by atoms with Gasteiger partial charge in [-0.25, -0.2) is 4.79 Å². The normalized spacial score (nSPS) is 17.2. The van der Waals surface area contributed by atoms with E-state index in [4.69, 9.17) is 0 Å². The van der Waals surface area contributed by atoms with E-state index in [0.29, 0.717) is 32.6 Å². The summed E-state index contributed by atoms with van der Waals surface area (Å²) < 4.78 is 0. The third-order valence-electron chi connectivity index (χ3n) is 8.18. The third kappa shape index (κ3) is 5.39. The molecule has 2 N–H and O–H groups in total. The lowest BCUT2D eigenvalue weighted by molar-refractivity contribution is -0.137. The van der Waals surface area contributed by atoms with Crippen LogP contribution in [0.2, 0.25) is 0 Å². The summed E-state index contributed by atoms with van der Waals surface area (Å²) in [4.78, 5) is 45.8. The van der Waals surface area contributed by atoms with Crippen LogP contribution in [0.1, 0.15) is 42.5 Å². The van der Waals surface area contributed by atoms with Crippen LogP contribution in [0, 0.1) is 13.8 Å². The molecule has 8 nitrogen and oxygen atoms in total.